The first-order valence-electron chi connectivity index (χ1n) is 9.57. The number of hydrogen-bond donors (Lipinski definition) is 1. The Kier molecular flexibility index (Phi) is 5.32. The van der Waals surface area contributed by atoms with Gasteiger partial charge in [0.2, 0.25) is 0 Å². The monoisotopic (exact) mass is 407 g/mol. The Bertz CT molecular complexity index is 1050. The lowest BCUT2D eigenvalue weighted by molar-refractivity contribution is 0.235. The van der Waals surface area contributed by atoms with Crippen LogP contribution in [0.5, 0.6) is 11.5 Å². The standard InChI is InChI=1S/C22H22ClN5O/c1-15-11-19(8-9-20(15)23)29-18-6-4-16(5-7-18)21-12-22(25)28(26-21)17-3-2-10-27(13-17)14-24/h4-9,11-12,17H,2-3,10,13,25H2,1H3. The van der Waals surface area contributed by atoms with Crippen LogP contribution in [0.3, 0.4) is 0 Å². The molecule has 0 spiro atoms. The van der Waals surface area contributed by atoms with E-state index < -0.39 is 0 Å². The van der Waals surface area contributed by atoms with Crippen molar-refractivity contribution >= 4 is 17.4 Å². The lowest BCUT2D eigenvalue weighted by Crippen LogP contribution is -2.34. The van der Waals surface area contributed by atoms with Gasteiger partial charge in [0.15, 0.2) is 6.19 Å². The molecule has 0 radical (unpaired) electrons. The van der Waals surface area contributed by atoms with Crippen LogP contribution in [0.2, 0.25) is 5.02 Å². The van der Waals surface area contributed by atoms with Gasteiger partial charge in [-0.2, -0.15) is 10.4 Å². The number of ether oxygens (including phenoxy) is 1. The second-order valence-corrected chi connectivity index (χ2v) is 7.69. The number of aryl methyl sites for hydroxylation is 1. The van der Waals surface area contributed by atoms with Gasteiger partial charge in [0.05, 0.1) is 18.3 Å². The number of hydrogen-bond acceptors (Lipinski definition) is 5. The molecule has 0 saturated carbocycles. The lowest BCUT2D eigenvalue weighted by Gasteiger charge is -2.29. The van der Waals surface area contributed by atoms with Gasteiger partial charge in [0.1, 0.15) is 17.3 Å². The summed E-state index contributed by atoms with van der Waals surface area (Å²) in [5, 5.41) is 14.6. The number of piperidine rings is 1. The molecule has 1 atom stereocenters. The van der Waals surface area contributed by atoms with Crippen molar-refractivity contribution in [3.05, 3.63) is 59.1 Å². The van der Waals surface area contributed by atoms with E-state index >= 15 is 0 Å². The van der Waals surface area contributed by atoms with Crippen molar-refractivity contribution in [3.8, 4) is 28.9 Å². The van der Waals surface area contributed by atoms with Crippen LogP contribution in [0.4, 0.5) is 5.82 Å². The van der Waals surface area contributed by atoms with Gasteiger partial charge in [0.25, 0.3) is 0 Å². The second kappa shape index (κ2) is 8.06. The van der Waals surface area contributed by atoms with Gasteiger partial charge in [-0.1, -0.05) is 11.6 Å². The molecule has 1 aromatic heterocycles. The SMILES string of the molecule is Cc1cc(Oc2ccc(-c3cc(N)n(C4CCCN(C#N)C4)n3)cc2)ccc1Cl. The number of nitriles is 1. The van der Waals surface area contributed by atoms with Crippen LogP contribution in [-0.4, -0.2) is 27.8 Å². The van der Waals surface area contributed by atoms with E-state index in [1.165, 1.54) is 0 Å². The summed E-state index contributed by atoms with van der Waals surface area (Å²) in [5.74, 6) is 2.09. The lowest BCUT2D eigenvalue weighted by atomic mass is 10.1. The number of halogens is 1. The van der Waals surface area contributed by atoms with Crippen LogP contribution in [-0.2, 0) is 0 Å². The highest BCUT2D eigenvalue weighted by Gasteiger charge is 2.23. The largest absolute Gasteiger partial charge is 0.457 e. The summed E-state index contributed by atoms with van der Waals surface area (Å²) in [5.41, 5.74) is 8.96. The van der Waals surface area contributed by atoms with Crippen molar-refractivity contribution in [1.82, 2.24) is 14.7 Å². The number of aromatic nitrogens is 2. The van der Waals surface area contributed by atoms with Crippen LogP contribution >= 0.6 is 11.6 Å². The van der Waals surface area contributed by atoms with Crippen molar-refractivity contribution in [2.45, 2.75) is 25.8 Å². The molecule has 4 rings (SSSR count). The normalized spacial score (nSPS) is 16.4. The Balaban J connectivity index is 1.50. The quantitative estimate of drug-likeness (QED) is 0.615. The van der Waals surface area contributed by atoms with Crippen LogP contribution in [0, 0.1) is 18.4 Å². The topological polar surface area (TPSA) is 80.1 Å². The van der Waals surface area contributed by atoms with E-state index in [1.54, 1.807) is 4.90 Å². The van der Waals surface area contributed by atoms with Crippen molar-refractivity contribution in [2.75, 3.05) is 18.8 Å². The summed E-state index contributed by atoms with van der Waals surface area (Å²) in [7, 11) is 0. The average molecular weight is 408 g/mol. The predicted octanol–water partition coefficient (Wildman–Crippen LogP) is 5.00. The van der Waals surface area contributed by atoms with Gasteiger partial charge in [-0.15, -0.1) is 0 Å². The molecule has 1 unspecified atom stereocenters. The molecule has 6 nitrogen and oxygen atoms in total. The smallest absolute Gasteiger partial charge is 0.179 e. The van der Waals surface area contributed by atoms with Crippen molar-refractivity contribution in [3.63, 3.8) is 0 Å². The third kappa shape index (κ3) is 4.15. The molecule has 2 heterocycles. The van der Waals surface area contributed by atoms with E-state index in [0.29, 0.717) is 12.4 Å². The van der Waals surface area contributed by atoms with E-state index in [4.69, 9.17) is 32.4 Å². The molecular weight excluding hydrogens is 386 g/mol. The summed E-state index contributed by atoms with van der Waals surface area (Å²) >= 11 is 6.07. The maximum absolute atomic E-state index is 9.17. The van der Waals surface area contributed by atoms with Gasteiger partial charge in [-0.05, 0) is 67.8 Å². The highest BCUT2D eigenvalue weighted by molar-refractivity contribution is 6.31. The molecule has 1 saturated heterocycles. The summed E-state index contributed by atoms with van der Waals surface area (Å²) in [6.45, 7) is 3.39. The highest BCUT2D eigenvalue weighted by atomic mass is 35.5. The minimum atomic E-state index is 0.118. The molecule has 29 heavy (non-hydrogen) atoms. The third-order valence-electron chi connectivity index (χ3n) is 5.16. The van der Waals surface area contributed by atoms with Gasteiger partial charge in [-0.3, -0.25) is 0 Å². The first-order chi connectivity index (χ1) is 14.0. The molecule has 1 aliphatic rings. The number of rotatable bonds is 4. The molecule has 1 aliphatic heterocycles. The average Bonchev–Trinajstić information content (AvgIpc) is 3.13. The summed E-state index contributed by atoms with van der Waals surface area (Å²) < 4.78 is 7.76. The van der Waals surface area contributed by atoms with Crippen molar-refractivity contribution in [2.24, 2.45) is 0 Å². The van der Waals surface area contributed by atoms with Crippen LogP contribution in [0.15, 0.2) is 48.5 Å². The van der Waals surface area contributed by atoms with E-state index in [0.717, 1.165) is 52.7 Å². The molecule has 3 aromatic rings. The predicted molar refractivity (Wildman–Crippen MR) is 114 cm³/mol. The molecule has 148 valence electrons. The molecule has 1 fully saturated rings. The van der Waals surface area contributed by atoms with Crippen LogP contribution in [0.25, 0.3) is 11.3 Å². The number of likely N-dealkylation sites (tertiary alicyclic amines) is 1. The first-order valence-corrected chi connectivity index (χ1v) is 9.95. The molecule has 2 N–H and O–H groups in total. The zero-order chi connectivity index (χ0) is 20.4. The van der Waals surface area contributed by atoms with E-state index in [9.17, 15) is 0 Å². The van der Waals surface area contributed by atoms with Crippen molar-refractivity contribution in [1.29, 1.82) is 5.26 Å². The number of benzene rings is 2. The molecule has 2 aromatic carbocycles. The summed E-state index contributed by atoms with van der Waals surface area (Å²) in [4.78, 5) is 1.76. The Morgan fingerprint density at radius 1 is 1.17 bits per heavy atom. The van der Waals surface area contributed by atoms with Gasteiger partial charge in [0, 0.05) is 23.2 Å². The number of anilines is 1. The van der Waals surface area contributed by atoms with E-state index in [2.05, 4.69) is 6.19 Å². The molecule has 7 heteroatoms. The van der Waals surface area contributed by atoms with Gasteiger partial charge < -0.3 is 15.4 Å². The second-order valence-electron chi connectivity index (χ2n) is 7.28. The fourth-order valence-electron chi connectivity index (χ4n) is 3.60. The van der Waals surface area contributed by atoms with E-state index in [1.807, 2.05) is 60.1 Å². The van der Waals surface area contributed by atoms with Crippen molar-refractivity contribution < 1.29 is 4.74 Å². The molecular formula is C22H22ClN5O. The minimum Gasteiger partial charge on any atom is -0.457 e. The Labute approximate surface area is 175 Å². The first kappa shape index (κ1) is 19.2. The van der Waals surface area contributed by atoms with Crippen LogP contribution in [0.1, 0.15) is 24.4 Å². The Morgan fingerprint density at radius 2 is 1.93 bits per heavy atom. The Morgan fingerprint density at radius 3 is 2.66 bits per heavy atom. The molecule has 0 amide bonds. The van der Waals surface area contributed by atoms with Gasteiger partial charge >= 0.3 is 0 Å². The number of nitrogens with zero attached hydrogens (tertiary/aromatic N) is 4. The fraction of sp³-hybridized carbons (Fsp3) is 0.273. The fourth-order valence-corrected chi connectivity index (χ4v) is 3.72. The zero-order valence-corrected chi connectivity index (χ0v) is 16.9. The maximum atomic E-state index is 9.17. The third-order valence-corrected chi connectivity index (χ3v) is 5.59. The maximum Gasteiger partial charge on any atom is 0.179 e. The van der Waals surface area contributed by atoms with Crippen LogP contribution < -0.4 is 10.5 Å². The summed E-state index contributed by atoms with van der Waals surface area (Å²) in [6.07, 6.45) is 4.15. The summed E-state index contributed by atoms with van der Waals surface area (Å²) in [6, 6.07) is 15.3. The number of nitrogens with two attached hydrogens (primary N) is 1. The molecule has 0 bridgehead atoms. The highest BCUT2D eigenvalue weighted by Crippen LogP contribution is 2.30. The Hall–Kier alpha value is -3.17. The number of nitrogen functional groups attached to an aromatic ring is 1. The zero-order valence-electron chi connectivity index (χ0n) is 16.2. The van der Waals surface area contributed by atoms with E-state index in [-0.39, 0.29) is 6.04 Å². The molecule has 0 aliphatic carbocycles. The van der Waals surface area contributed by atoms with Gasteiger partial charge in [-0.25, -0.2) is 4.68 Å². The minimum absolute atomic E-state index is 0.118.